The Balaban J connectivity index is 1.75. The smallest absolute Gasteiger partial charge is 0.299 e. The van der Waals surface area contributed by atoms with Crippen LogP contribution < -0.4 is 0 Å². The van der Waals surface area contributed by atoms with Crippen LogP contribution in [0.1, 0.15) is 24.8 Å². The average molecular weight is 293 g/mol. The summed E-state index contributed by atoms with van der Waals surface area (Å²) in [6.07, 6.45) is 3.53. The molecule has 0 aromatic heterocycles. The van der Waals surface area contributed by atoms with Gasteiger partial charge in [-0.1, -0.05) is 12.1 Å². The zero-order valence-corrected chi connectivity index (χ0v) is 12.2. The molecule has 2 aliphatic heterocycles. The molecule has 2 aliphatic rings. The van der Waals surface area contributed by atoms with E-state index in [1.807, 2.05) is 0 Å². The molecule has 2 unspecified atom stereocenters. The maximum Gasteiger partial charge on any atom is 0.305 e. The average Bonchev–Trinajstić information content (AvgIpc) is 2.68. The van der Waals surface area contributed by atoms with Gasteiger partial charge in [0.05, 0.1) is 4.92 Å². The van der Waals surface area contributed by atoms with Gasteiger partial charge in [-0.3, -0.25) is 19.9 Å². The molecule has 0 spiro atoms. The Labute approximate surface area is 123 Å². The SMILES string of the molecule is CN1C2CCC1CN(Cc1cccc([N+](=O)[O-])c1F)CC2. The Morgan fingerprint density at radius 1 is 1.33 bits per heavy atom. The van der Waals surface area contributed by atoms with Gasteiger partial charge in [0.2, 0.25) is 5.82 Å². The molecule has 0 N–H and O–H groups in total. The van der Waals surface area contributed by atoms with Crippen molar-refractivity contribution < 1.29 is 9.31 Å². The number of nitro benzene ring substituents is 1. The van der Waals surface area contributed by atoms with Crippen LogP contribution in [0.3, 0.4) is 0 Å². The van der Waals surface area contributed by atoms with E-state index in [2.05, 4.69) is 16.8 Å². The van der Waals surface area contributed by atoms with Crippen molar-refractivity contribution in [1.29, 1.82) is 0 Å². The number of likely N-dealkylation sites (N-methyl/N-ethyl adjacent to an activating group) is 1. The van der Waals surface area contributed by atoms with Crippen molar-refractivity contribution >= 4 is 5.69 Å². The normalized spacial score (nSPS) is 26.8. The lowest BCUT2D eigenvalue weighted by atomic mass is 10.1. The molecule has 3 rings (SSSR count). The first kappa shape index (κ1) is 14.4. The second-order valence-electron chi connectivity index (χ2n) is 6.08. The fraction of sp³-hybridized carbons (Fsp3) is 0.600. The van der Waals surface area contributed by atoms with Crippen molar-refractivity contribution in [3.63, 3.8) is 0 Å². The maximum atomic E-state index is 14.2. The molecule has 114 valence electrons. The van der Waals surface area contributed by atoms with Gasteiger partial charge >= 0.3 is 5.69 Å². The number of nitro groups is 1. The minimum atomic E-state index is -0.690. The molecule has 2 heterocycles. The first-order chi connectivity index (χ1) is 10.1. The van der Waals surface area contributed by atoms with Crippen LogP contribution in [0.5, 0.6) is 0 Å². The first-order valence-corrected chi connectivity index (χ1v) is 7.42. The standard InChI is InChI=1S/C15H20FN3O2/c1-17-12-5-6-13(17)10-18(8-7-12)9-11-3-2-4-14(15(11)16)19(20)21/h2-4,12-13H,5-10H2,1H3. The van der Waals surface area contributed by atoms with E-state index in [1.54, 1.807) is 12.1 Å². The minimum Gasteiger partial charge on any atom is -0.299 e. The van der Waals surface area contributed by atoms with Crippen molar-refractivity contribution in [1.82, 2.24) is 9.80 Å². The summed E-state index contributed by atoms with van der Waals surface area (Å²) >= 11 is 0. The molecule has 0 radical (unpaired) electrons. The molecule has 21 heavy (non-hydrogen) atoms. The quantitative estimate of drug-likeness (QED) is 0.634. The zero-order valence-electron chi connectivity index (χ0n) is 12.2. The van der Waals surface area contributed by atoms with Crippen molar-refractivity contribution in [3.8, 4) is 0 Å². The van der Waals surface area contributed by atoms with E-state index in [1.165, 1.54) is 18.9 Å². The summed E-state index contributed by atoms with van der Waals surface area (Å²) in [7, 11) is 2.17. The number of hydrogen-bond acceptors (Lipinski definition) is 4. The summed E-state index contributed by atoms with van der Waals surface area (Å²) in [5.74, 6) is -0.690. The highest BCUT2D eigenvalue weighted by molar-refractivity contribution is 5.36. The van der Waals surface area contributed by atoms with Crippen molar-refractivity contribution in [3.05, 3.63) is 39.7 Å². The van der Waals surface area contributed by atoms with E-state index in [0.717, 1.165) is 19.5 Å². The van der Waals surface area contributed by atoms with Gasteiger partial charge in [0.15, 0.2) is 0 Å². The number of benzene rings is 1. The van der Waals surface area contributed by atoms with Crippen LogP contribution in [0.15, 0.2) is 18.2 Å². The van der Waals surface area contributed by atoms with Crippen LogP contribution in [0, 0.1) is 15.9 Å². The lowest BCUT2D eigenvalue weighted by Crippen LogP contribution is -2.36. The number of rotatable bonds is 3. The topological polar surface area (TPSA) is 49.6 Å². The molecule has 0 aliphatic carbocycles. The summed E-state index contributed by atoms with van der Waals surface area (Å²) < 4.78 is 14.2. The van der Waals surface area contributed by atoms with Gasteiger partial charge in [0, 0.05) is 43.3 Å². The van der Waals surface area contributed by atoms with Gasteiger partial charge in [-0.15, -0.1) is 0 Å². The Bertz CT molecular complexity index is 552. The molecular weight excluding hydrogens is 273 g/mol. The summed E-state index contributed by atoms with van der Waals surface area (Å²) in [6.45, 7) is 2.29. The third-order valence-corrected chi connectivity index (χ3v) is 4.88. The molecule has 5 nitrogen and oxygen atoms in total. The fourth-order valence-corrected chi connectivity index (χ4v) is 3.59. The molecule has 0 saturated carbocycles. The Morgan fingerprint density at radius 3 is 2.86 bits per heavy atom. The van der Waals surface area contributed by atoms with Crippen LogP contribution in [-0.4, -0.2) is 46.9 Å². The first-order valence-electron chi connectivity index (χ1n) is 7.42. The number of halogens is 1. The van der Waals surface area contributed by atoms with Gasteiger partial charge in [0.1, 0.15) is 0 Å². The lowest BCUT2D eigenvalue weighted by molar-refractivity contribution is -0.387. The van der Waals surface area contributed by atoms with Crippen LogP contribution in [0.25, 0.3) is 0 Å². The van der Waals surface area contributed by atoms with E-state index in [9.17, 15) is 14.5 Å². The Morgan fingerprint density at radius 2 is 2.10 bits per heavy atom. The fourth-order valence-electron chi connectivity index (χ4n) is 3.59. The zero-order chi connectivity index (χ0) is 15.0. The van der Waals surface area contributed by atoms with Crippen LogP contribution >= 0.6 is 0 Å². The molecule has 1 aromatic carbocycles. The number of nitrogens with zero attached hydrogens (tertiary/aromatic N) is 3. The minimum absolute atomic E-state index is 0.421. The van der Waals surface area contributed by atoms with Crippen LogP contribution in [0.2, 0.25) is 0 Å². The van der Waals surface area contributed by atoms with E-state index in [0.29, 0.717) is 24.2 Å². The van der Waals surface area contributed by atoms with Gasteiger partial charge in [0.25, 0.3) is 0 Å². The van der Waals surface area contributed by atoms with Crippen LogP contribution in [-0.2, 0) is 6.54 Å². The number of hydrogen-bond donors (Lipinski definition) is 0. The highest BCUT2D eigenvalue weighted by Gasteiger charge is 2.34. The molecule has 6 heteroatoms. The second-order valence-corrected chi connectivity index (χ2v) is 6.08. The molecule has 2 bridgehead atoms. The molecule has 2 saturated heterocycles. The van der Waals surface area contributed by atoms with Crippen molar-refractivity contribution in [2.45, 2.75) is 37.9 Å². The predicted molar refractivity (Wildman–Crippen MR) is 77.5 cm³/mol. The molecule has 1 aromatic rings. The molecular formula is C15H20FN3O2. The molecule has 2 atom stereocenters. The highest BCUT2D eigenvalue weighted by atomic mass is 19.1. The third-order valence-electron chi connectivity index (χ3n) is 4.88. The summed E-state index contributed by atoms with van der Waals surface area (Å²) in [6, 6.07) is 5.59. The van der Waals surface area contributed by atoms with Gasteiger partial charge in [-0.25, -0.2) is 0 Å². The Kier molecular flexibility index (Phi) is 3.91. The van der Waals surface area contributed by atoms with E-state index in [4.69, 9.17) is 0 Å². The van der Waals surface area contributed by atoms with E-state index in [-0.39, 0.29) is 0 Å². The van der Waals surface area contributed by atoms with Crippen molar-refractivity contribution in [2.24, 2.45) is 0 Å². The molecule has 2 fully saturated rings. The lowest BCUT2D eigenvalue weighted by Gasteiger charge is -2.25. The van der Waals surface area contributed by atoms with E-state index < -0.39 is 16.4 Å². The summed E-state index contributed by atoms with van der Waals surface area (Å²) in [4.78, 5) is 14.8. The van der Waals surface area contributed by atoms with Crippen LogP contribution in [0.4, 0.5) is 10.1 Å². The Hall–Kier alpha value is -1.53. The predicted octanol–water partition coefficient (Wildman–Crippen LogP) is 2.40. The van der Waals surface area contributed by atoms with Gasteiger partial charge < -0.3 is 0 Å². The number of likely N-dealkylation sites (tertiary alicyclic amines) is 1. The number of fused-ring (bicyclic) bond motifs is 2. The summed E-state index contributed by atoms with van der Waals surface area (Å²) in [5.41, 5.74) is -0.00872. The second kappa shape index (κ2) is 5.69. The monoisotopic (exact) mass is 293 g/mol. The van der Waals surface area contributed by atoms with Crippen molar-refractivity contribution in [2.75, 3.05) is 20.1 Å². The summed E-state index contributed by atoms with van der Waals surface area (Å²) in [5, 5.41) is 10.8. The maximum absolute atomic E-state index is 14.2. The third kappa shape index (κ3) is 2.78. The molecule has 0 amide bonds. The highest BCUT2D eigenvalue weighted by Crippen LogP contribution is 2.29. The van der Waals surface area contributed by atoms with Gasteiger partial charge in [-0.2, -0.15) is 4.39 Å². The van der Waals surface area contributed by atoms with Gasteiger partial charge in [-0.05, 0) is 26.3 Å². The van der Waals surface area contributed by atoms with E-state index >= 15 is 0 Å². The largest absolute Gasteiger partial charge is 0.305 e.